The molecule has 0 saturated carbocycles. The van der Waals surface area contributed by atoms with Crippen LogP contribution < -0.4 is 4.72 Å². The first-order chi connectivity index (χ1) is 14.6. The summed E-state index contributed by atoms with van der Waals surface area (Å²) in [5.74, 6) is -1.05. The fourth-order valence-electron chi connectivity index (χ4n) is 3.08. The van der Waals surface area contributed by atoms with Crippen LogP contribution in [0.15, 0.2) is 77.7 Å². The quantitative estimate of drug-likeness (QED) is 0.532. The average molecular weight is 449 g/mol. The van der Waals surface area contributed by atoms with Gasteiger partial charge < -0.3 is 5.11 Å². The van der Waals surface area contributed by atoms with Crippen LogP contribution in [0, 0.1) is 0 Å². The number of anilines is 1. The normalized spacial score (nSPS) is 11.8. The Morgan fingerprint density at radius 1 is 0.839 bits per heavy atom. The standard InChI is InChI=1S/C22H18F3NO4S/c23-22(24,25)17-11-13-18(14-12-17)31(29,30)26-20-8-4-2-6-16(20)10-9-15-5-1-3-7-19(15)21(27)28/h1-8,11-14,26H,9-10H2,(H,27,28). The first kappa shape index (κ1) is 22.4. The van der Waals surface area contributed by atoms with Crippen LogP contribution >= 0.6 is 0 Å². The van der Waals surface area contributed by atoms with Crippen LogP contribution in [0.5, 0.6) is 0 Å². The van der Waals surface area contributed by atoms with Gasteiger partial charge in [0, 0.05) is 0 Å². The van der Waals surface area contributed by atoms with Crippen molar-refractivity contribution in [3.05, 3.63) is 95.1 Å². The number of para-hydroxylation sites is 1. The fourth-order valence-corrected chi connectivity index (χ4v) is 4.18. The van der Waals surface area contributed by atoms with E-state index in [1.165, 1.54) is 6.07 Å². The first-order valence-electron chi connectivity index (χ1n) is 9.17. The summed E-state index contributed by atoms with van der Waals surface area (Å²) in [4.78, 5) is 11.1. The van der Waals surface area contributed by atoms with Gasteiger partial charge in [-0.3, -0.25) is 4.72 Å². The Balaban J connectivity index is 1.81. The molecule has 0 bridgehead atoms. The second kappa shape index (κ2) is 8.81. The third kappa shape index (κ3) is 5.43. The Morgan fingerprint density at radius 2 is 1.39 bits per heavy atom. The van der Waals surface area contributed by atoms with Crippen molar-refractivity contribution in [3.63, 3.8) is 0 Å². The smallest absolute Gasteiger partial charge is 0.416 e. The number of alkyl halides is 3. The number of benzene rings is 3. The number of sulfonamides is 1. The molecule has 0 aromatic heterocycles. The topological polar surface area (TPSA) is 83.5 Å². The predicted octanol–water partition coefficient (Wildman–Crippen LogP) is 4.99. The molecule has 0 amide bonds. The molecular weight excluding hydrogens is 431 g/mol. The van der Waals surface area contributed by atoms with Gasteiger partial charge in [-0.25, -0.2) is 13.2 Å². The maximum Gasteiger partial charge on any atom is 0.416 e. The molecule has 5 nitrogen and oxygen atoms in total. The summed E-state index contributed by atoms with van der Waals surface area (Å²) in [6, 6.07) is 16.3. The Morgan fingerprint density at radius 3 is 2.00 bits per heavy atom. The van der Waals surface area contributed by atoms with Gasteiger partial charge in [0.25, 0.3) is 10.0 Å². The summed E-state index contributed by atoms with van der Waals surface area (Å²) in [6.45, 7) is 0. The summed E-state index contributed by atoms with van der Waals surface area (Å²) in [5, 5.41) is 9.30. The molecule has 2 N–H and O–H groups in total. The van der Waals surface area contributed by atoms with Crippen LogP contribution in [0.3, 0.4) is 0 Å². The lowest BCUT2D eigenvalue weighted by Gasteiger charge is -2.14. The van der Waals surface area contributed by atoms with E-state index in [1.807, 2.05) is 0 Å². The number of nitrogens with one attached hydrogen (secondary N) is 1. The molecule has 0 aliphatic rings. The molecule has 3 rings (SSSR count). The van der Waals surface area contributed by atoms with Crippen molar-refractivity contribution in [1.82, 2.24) is 0 Å². The second-order valence-electron chi connectivity index (χ2n) is 6.75. The second-order valence-corrected chi connectivity index (χ2v) is 8.43. The monoisotopic (exact) mass is 449 g/mol. The van der Waals surface area contributed by atoms with Gasteiger partial charge in [0.15, 0.2) is 0 Å². The van der Waals surface area contributed by atoms with Crippen LogP contribution in [0.1, 0.15) is 27.0 Å². The van der Waals surface area contributed by atoms with E-state index in [0.717, 1.165) is 12.1 Å². The van der Waals surface area contributed by atoms with E-state index in [-0.39, 0.29) is 16.1 Å². The van der Waals surface area contributed by atoms with Crippen LogP contribution in [-0.4, -0.2) is 19.5 Å². The molecule has 3 aromatic rings. The average Bonchev–Trinajstić information content (AvgIpc) is 2.72. The molecule has 0 spiro atoms. The molecule has 31 heavy (non-hydrogen) atoms. The van der Waals surface area contributed by atoms with Crippen molar-refractivity contribution in [2.24, 2.45) is 0 Å². The van der Waals surface area contributed by atoms with Crippen molar-refractivity contribution in [2.75, 3.05) is 4.72 Å². The molecule has 9 heteroatoms. The van der Waals surface area contributed by atoms with Gasteiger partial charge in [-0.1, -0.05) is 36.4 Å². The van der Waals surface area contributed by atoms with E-state index < -0.39 is 27.7 Å². The van der Waals surface area contributed by atoms with Crippen LogP contribution in [0.4, 0.5) is 18.9 Å². The molecule has 3 aromatic carbocycles. The number of carboxylic acids is 1. The van der Waals surface area contributed by atoms with Crippen molar-refractivity contribution >= 4 is 21.7 Å². The number of aryl methyl sites for hydroxylation is 2. The lowest BCUT2D eigenvalue weighted by Crippen LogP contribution is -2.15. The predicted molar refractivity (Wildman–Crippen MR) is 110 cm³/mol. The van der Waals surface area contributed by atoms with Gasteiger partial charge in [-0.05, 0) is 60.4 Å². The lowest BCUT2D eigenvalue weighted by molar-refractivity contribution is -0.137. The lowest BCUT2D eigenvalue weighted by atomic mass is 9.99. The molecule has 162 valence electrons. The molecule has 0 atom stereocenters. The van der Waals surface area contributed by atoms with Gasteiger partial charge in [-0.2, -0.15) is 13.2 Å². The van der Waals surface area contributed by atoms with E-state index in [9.17, 15) is 31.5 Å². The minimum atomic E-state index is -4.56. The molecule has 0 aliphatic heterocycles. The highest BCUT2D eigenvalue weighted by Crippen LogP contribution is 2.30. The van der Waals surface area contributed by atoms with Gasteiger partial charge >= 0.3 is 12.1 Å². The number of halogens is 3. The summed E-state index contributed by atoms with van der Waals surface area (Å²) < 4.78 is 65.9. The Bertz CT molecular complexity index is 1190. The Labute approximate surface area is 177 Å². The Hall–Kier alpha value is -3.33. The molecule has 0 heterocycles. The highest BCUT2D eigenvalue weighted by atomic mass is 32.2. The highest BCUT2D eigenvalue weighted by molar-refractivity contribution is 7.92. The first-order valence-corrected chi connectivity index (χ1v) is 10.7. The summed E-state index contributed by atoms with van der Waals surface area (Å²) in [5.41, 5.74) is 0.734. The van der Waals surface area contributed by atoms with Gasteiger partial charge in [0.1, 0.15) is 0 Å². The third-order valence-electron chi connectivity index (χ3n) is 4.67. The Kier molecular flexibility index (Phi) is 6.35. The number of carbonyl (C=O) groups is 1. The highest BCUT2D eigenvalue weighted by Gasteiger charge is 2.30. The van der Waals surface area contributed by atoms with Crippen LogP contribution in [0.2, 0.25) is 0 Å². The zero-order chi connectivity index (χ0) is 22.6. The number of rotatable bonds is 7. The molecule has 0 aliphatic carbocycles. The van der Waals surface area contributed by atoms with E-state index in [4.69, 9.17) is 0 Å². The zero-order valence-electron chi connectivity index (χ0n) is 16.1. The number of aromatic carboxylic acids is 1. The van der Waals surface area contributed by atoms with Crippen molar-refractivity contribution in [3.8, 4) is 0 Å². The minimum Gasteiger partial charge on any atom is -0.478 e. The summed E-state index contributed by atoms with van der Waals surface area (Å²) >= 11 is 0. The molecule has 0 fully saturated rings. The fraction of sp³-hybridized carbons (Fsp3) is 0.136. The summed E-state index contributed by atoms with van der Waals surface area (Å²) in [6.07, 6.45) is -3.84. The number of carboxylic acid groups (broad SMARTS) is 1. The largest absolute Gasteiger partial charge is 0.478 e. The summed E-state index contributed by atoms with van der Waals surface area (Å²) in [7, 11) is -4.11. The molecule has 0 saturated heterocycles. The van der Waals surface area contributed by atoms with Crippen molar-refractivity contribution in [2.45, 2.75) is 23.9 Å². The van der Waals surface area contributed by atoms with Gasteiger partial charge in [-0.15, -0.1) is 0 Å². The van der Waals surface area contributed by atoms with Gasteiger partial charge in [0.05, 0.1) is 21.7 Å². The molecule has 0 unspecified atom stereocenters. The maximum atomic E-state index is 12.7. The van der Waals surface area contributed by atoms with Crippen LogP contribution in [-0.2, 0) is 29.0 Å². The van der Waals surface area contributed by atoms with E-state index >= 15 is 0 Å². The minimum absolute atomic E-state index is 0.172. The van der Waals surface area contributed by atoms with Crippen molar-refractivity contribution in [1.29, 1.82) is 0 Å². The maximum absolute atomic E-state index is 12.7. The zero-order valence-corrected chi connectivity index (χ0v) is 16.9. The SMILES string of the molecule is O=C(O)c1ccccc1CCc1ccccc1NS(=O)(=O)c1ccc(C(F)(F)F)cc1. The molecule has 0 radical (unpaired) electrons. The number of hydrogen-bond donors (Lipinski definition) is 2. The number of hydrogen-bond acceptors (Lipinski definition) is 3. The van der Waals surface area contributed by atoms with Crippen molar-refractivity contribution < 1.29 is 31.5 Å². The third-order valence-corrected chi connectivity index (χ3v) is 6.05. The van der Waals surface area contributed by atoms with E-state index in [2.05, 4.69) is 4.72 Å². The van der Waals surface area contributed by atoms with E-state index in [0.29, 0.717) is 36.1 Å². The van der Waals surface area contributed by atoms with Gasteiger partial charge in [0.2, 0.25) is 0 Å². The molecular formula is C22H18F3NO4S. The van der Waals surface area contributed by atoms with Crippen LogP contribution in [0.25, 0.3) is 0 Å². The van der Waals surface area contributed by atoms with E-state index in [1.54, 1.807) is 42.5 Å².